The second-order valence-electron chi connectivity index (χ2n) is 4.31. The van der Waals surface area contributed by atoms with Crippen LogP contribution >= 0.6 is 0 Å². The minimum Gasteiger partial charge on any atom is -0.545 e. The lowest BCUT2D eigenvalue weighted by molar-refractivity contribution is -0.385. The number of carbonyl (C=O) groups excluding carboxylic acids is 2. The van der Waals surface area contributed by atoms with Gasteiger partial charge in [0.05, 0.1) is 10.9 Å². The molecule has 0 aliphatic heterocycles. The molecule has 0 aliphatic rings. The molecule has 112 valence electrons. The summed E-state index contributed by atoms with van der Waals surface area (Å²) in [7, 11) is 0. The highest BCUT2D eigenvalue weighted by Gasteiger charge is 2.25. The van der Waals surface area contributed by atoms with Gasteiger partial charge in [0.1, 0.15) is 12.2 Å². The molecule has 0 unspecified atom stereocenters. The Bertz CT molecular complexity index is 694. The highest BCUT2D eigenvalue weighted by molar-refractivity contribution is 6.04. The Kier molecular flexibility index (Phi) is 4.47. The molecule has 2 aromatic rings. The second kappa shape index (κ2) is 6.49. The van der Waals surface area contributed by atoms with E-state index in [1.807, 2.05) is 0 Å². The molecule has 2 rings (SSSR count). The van der Waals surface area contributed by atoms with Gasteiger partial charge in [0.2, 0.25) is 0 Å². The molecule has 22 heavy (non-hydrogen) atoms. The van der Waals surface area contributed by atoms with Crippen molar-refractivity contribution in [3.05, 3.63) is 75.3 Å². The van der Waals surface area contributed by atoms with E-state index in [0.717, 1.165) is 18.2 Å². The van der Waals surface area contributed by atoms with Crippen LogP contribution in [0.5, 0.6) is 0 Å². The number of carboxylic acids is 1. The molecule has 0 heterocycles. The fraction of sp³-hybridized carbons (Fsp3) is 0.0667. The molecule has 0 aliphatic carbocycles. The predicted molar refractivity (Wildman–Crippen MR) is 73.0 cm³/mol. The fourth-order valence-electron chi connectivity index (χ4n) is 1.87. The lowest BCUT2D eigenvalue weighted by Crippen LogP contribution is -2.26. The molecule has 0 N–H and O–H groups in total. The van der Waals surface area contributed by atoms with E-state index in [2.05, 4.69) is 0 Å². The lowest BCUT2D eigenvalue weighted by Gasteiger charge is -2.10. The summed E-state index contributed by atoms with van der Waals surface area (Å²) in [4.78, 5) is 33.2. The third kappa shape index (κ3) is 3.26. The summed E-state index contributed by atoms with van der Waals surface area (Å²) in [5.41, 5.74) is -1.17. The van der Waals surface area contributed by atoms with Crippen LogP contribution in [0.3, 0.4) is 0 Å². The first-order valence-electron chi connectivity index (χ1n) is 6.20. The number of benzene rings is 2. The molecule has 0 saturated carbocycles. The minimum absolute atomic E-state index is 0.127. The standard InChI is InChI=1S/C15H11NO6/c17-14(18)11-7-4-8-12(16(20)21)13(11)15(19)22-9-10-5-2-1-3-6-10/h1-8H,9H2,(H,17,18)/p-1. The molecule has 0 radical (unpaired) electrons. The van der Waals surface area contributed by atoms with E-state index in [0.29, 0.717) is 5.56 Å². The number of nitro benzene ring substituents is 1. The molecule has 2 aromatic carbocycles. The molecule has 7 heteroatoms. The minimum atomic E-state index is -1.68. The zero-order valence-electron chi connectivity index (χ0n) is 11.2. The fourth-order valence-corrected chi connectivity index (χ4v) is 1.87. The van der Waals surface area contributed by atoms with E-state index >= 15 is 0 Å². The van der Waals surface area contributed by atoms with Crippen molar-refractivity contribution in [2.24, 2.45) is 0 Å². The molecular formula is C15H10NO6-. The molecule has 0 saturated heterocycles. The van der Waals surface area contributed by atoms with Crippen molar-refractivity contribution < 1.29 is 24.4 Å². The van der Waals surface area contributed by atoms with Crippen LogP contribution in [-0.4, -0.2) is 16.9 Å². The molecule has 7 nitrogen and oxygen atoms in total. The zero-order chi connectivity index (χ0) is 16.1. The van der Waals surface area contributed by atoms with Crippen LogP contribution in [0.25, 0.3) is 0 Å². The molecule has 0 spiro atoms. The topological polar surface area (TPSA) is 110 Å². The van der Waals surface area contributed by atoms with Crippen molar-refractivity contribution in [3.8, 4) is 0 Å². The van der Waals surface area contributed by atoms with Gasteiger partial charge in [-0.25, -0.2) is 4.79 Å². The maximum absolute atomic E-state index is 12.1. The van der Waals surface area contributed by atoms with Crippen LogP contribution in [0.4, 0.5) is 5.69 Å². The van der Waals surface area contributed by atoms with Crippen molar-refractivity contribution in [1.82, 2.24) is 0 Å². The van der Waals surface area contributed by atoms with Gasteiger partial charge in [-0.1, -0.05) is 42.5 Å². The van der Waals surface area contributed by atoms with E-state index in [-0.39, 0.29) is 6.61 Å². The van der Waals surface area contributed by atoms with E-state index in [1.165, 1.54) is 0 Å². The van der Waals surface area contributed by atoms with Gasteiger partial charge in [-0.05, 0) is 5.56 Å². The Labute approximate surface area is 124 Å². The predicted octanol–water partition coefficient (Wildman–Crippen LogP) is 1.32. The highest BCUT2D eigenvalue weighted by atomic mass is 16.6. The van der Waals surface area contributed by atoms with E-state index in [9.17, 15) is 24.8 Å². The maximum atomic E-state index is 12.1. The molecule has 0 aromatic heterocycles. The van der Waals surface area contributed by atoms with Crippen molar-refractivity contribution in [2.75, 3.05) is 0 Å². The van der Waals surface area contributed by atoms with Gasteiger partial charge in [-0.2, -0.15) is 0 Å². The zero-order valence-corrected chi connectivity index (χ0v) is 11.2. The summed E-state index contributed by atoms with van der Waals surface area (Å²) in [5, 5.41) is 22.0. The van der Waals surface area contributed by atoms with Gasteiger partial charge in [-0.15, -0.1) is 0 Å². The molecular weight excluding hydrogens is 290 g/mol. The van der Waals surface area contributed by atoms with Crippen LogP contribution in [0.1, 0.15) is 26.3 Å². The van der Waals surface area contributed by atoms with Gasteiger partial charge in [-0.3, -0.25) is 10.1 Å². The van der Waals surface area contributed by atoms with E-state index in [4.69, 9.17) is 4.74 Å². The number of ether oxygens (including phenoxy) is 1. The van der Waals surface area contributed by atoms with Crippen LogP contribution in [0, 0.1) is 10.1 Å². The third-order valence-corrected chi connectivity index (χ3v) is 2.88. The number of nitro groups is 1. The second-order valence-corrected chi connectivity index (χ2v) is 4.31. The number of nitrogens with zero attached hydrogens (tertiary/aromatic N) is 1. The normalized spacial score (nSPS) is 10.0. The largest absolute Gasteiger partial charge is 0.545 e. The van der Waals surface area contributed by atoms with Gasteiger partial charge < -0.3 is 14.6 Å². The quantitative estimate of drug-likeness (QED) is 0.468. The Morgan fingerprint density at radius 2 is 1.73 bits per heavy atom. The van der Waals surface area contributed by atoms with Crippen molar-refractivity contribution in [3.63, 3.8) is 0 Å². The summed E-state index contributed by atoms with van der Waals surface area (Å²) in [6.45, 7) is -0.127. The average Bonchev–Trinajstić information content (AvgIpc) is 2.52. The lowest BCUT2D eigenvalue weighted by atomic mass is 10.1. The summed E-state index contributed by atoms with van der Waals surface area (Å²) in [6.07, 6.45) is 0. The first kappa shape index (κ1) is 15.2. The Morgan fingerprint density at radius 1 is 1.05 bits per heavy atom. The van der Waals surface area contributed by atoms with Crippen molar-refractivity contribution in [2.45, 2.75) is 6.61 Å². The number of hydrogen-bond acceptors (Lipinski definition) is 6. The molecule has 0 fully saturated rings. The molecule has 0 amide bonds. The van der Waals surface area contributed by atoms with Crippen molar-refractivity contribution in [1.29, 1.82) is 0 Å². The summed E-state index contributed by atoms with van der Waals surface area (Å²) < 4.78 is 4.96. The van der Waals surface area contributed by atoms with Gasteiger partial charge >= 0.3 is 5.97 Å². The SMILES string of the molecule is O=C([O-])c1cccc([N+](=O)[O-])c1C(=O)OCc1ccccc1. The highest BCUT2D eigenvalue weighted by Crippen LogP contribution is 2.23. The smallest absolute Gasteiger partial charge is 0.346 e. The maximum Gasteiger partial charge on any atom is 0.346 e. The van der Waals surface area contributed by atoms with Gasteiger partial charge in [0.25, 0.3) is 5.69 Å². The van der Waals surface area contributed by atoms with Crippen LogP contribution in [-0.2, 0) is 11.3 Å². The summed E-state index contributed by atoms with van der Waals surface area (Å²) in [5.74, 6) is -2.77. The third-order valence-electron chi connectivity index (χ3n) is 2.88. The number of carboxylic acid groups (broad SMARTS) is 1. The number of aromatic carboxylic acids is 1. The van der Waals surface area contributed by atoms with Gasteiger partial charge in [0.15, 0.2) is 0 Å². The number of hydrogen-bond donors (Lipinski definition) is 0. The molecule has 0 atom stereocenters. The first-order chi connectivity index (χ1) is 10.5. The van der Waals surface area contributed by atoms with Crippen LogP contribution < -0.4 is 5.11 Å². The summed E-state index contributed by atoms with van der Waals surface area (Å²) in [6, 6.07) is 11.9. The summed E-state index contributed by atoms with van der Waals surface area (Å²) >= 11 is 0. The number of rotatable bonds is 5. The number of carbonyl (C=O) groups is 2. The van der Waals surface area contributed by atoms with E-state index in [1.54, 1.807) is 30.3 Å². The number of esters is 1. The van der Waals surface area contributed by atoms with Crippen LogP contribution in [0.2, 0.25) is 0 Å². The Hall–Kier alpha value is -3.22. The van der Waals surface area contributed by atoms with E-state index < -0.39 is 33.7 Å². The molecule has 0 bridgehead atoms. The Morgan fingerprint density at radius 3 is 2.32 bits per heavy atom. The van der Waals surface area contributed by atoms with Crippen molar-refractivity contribution >= 4 is 17.6 Å². The monoisotopic (exact) mass is 300 g/mol. The van der Waals surface area contributed by atoms with Gasteiger partial charge in [0, 0.05) is 11.6 Å². The Balaban J connectivity index is 2.31. The van der Waals surface area contributed by atoms with Crippen LogP contribution in [0.15, 0.2) is 48.5 Å². The first-order valence-corrected chi connectivity index (χ1v) is 6.20. The average molecular weight is 300 g/mol.